The fourth-order valence-corrected chi connectivity index (χ4v) is 4.59. The molecule has 7 heteroatoms. The molecule has 0 aliphatic carbocycles. The molecule has 0 spiro atoms. The second kappa shape index (κ2) is 9.39. The molecule has 0 bridgehead atoms. The molecule has 6 nitrogen and oxygen atoms in total. The molecule has 3 aromatic carbocycles. The van der Waals surface area contributed by atoms with Gasteiger partial charge in [-0.2, -0.15) is 0 Å². The standard InChI is InChI=1S/C24H28N2O4S/c1-5-21(19-13-14-23(30-3)17(2)15-19)25-24(27)16-26(31(4,28)29)22-12-8-10-18-9-6-7-11-20(18)22/h6-15,21H,5,16H2,1-4H3,(H,25,27). The van der Waals surface area contributed by atoms with Crippen molar-refractivity contribution >= 4 is 32.4 Å². The van der Waals surface area contributed by atoms with Gasteiger partial charge in [0.1, 0.15) is 12.3 Å². The molecule has 0 aromatic heterocycles. The molecule has 31 heavy (non-hydrogen) atoms. The zero-order chi connectivity index (χ0) is 22.6. The number of rotatable bonds is 8. The number of hydrogen-bond acceptors (Lipinski definition) is 4. The zero-order valence-corrected chi connectivity index (χ0v) is 19.1. The number of nitrogens with zero attached hydrogens (tertiary/aromatic N) is 1. The number of nitrogens with one attached hydrogen (secondary N) is 1. The Morgan fingerprint density at radius 3 is 2.45 bits per heavy atom. The number of carbonyl (C=O) groups excluding carboxylic acids is 1. The number of benzene rings is 3. The average Bonchev–Trinajstić information content (AvgIpc) is 2.74. The Kier molecular flexibility index (Phi) is 6.85. The lowest BCUT2D eigenvalue weighted by Gasteiger charge is -2.25. The van der Waals surface area contributed by atoms with Crippen molar-refractivity contribution in [2.24, 2.45) is 0 Å². The third kappa shape index (κ3) is 5.17. The van der Waals surface area contributed by atoms with E-state index in [4.69, 9.17) is 4.74 Å². The molecule has 0 radical (unpaired) electrons. The second-order valence-electron chi connectivity index (χ2n) is 7.53. The van der Waals surface area contributed by atoms with Crippen LogP contribution in [-0.2, 0) is 14.8 Å². The van der Waals surface area contributed by atoms with E-state index in [2.05, 4.69) is 5.32 Å². The van der Waals surface area contributed by atoms with Crippen LogP contribution in [0.25, 0.3) is 10.8 Å². The van der Waals surface area contributed by atoms with Crippen LogP contribution in [0.5, 0.6) is 5.75 Å². The summed E-state index contributed by atoms with van der Waals surface area (Å²) in [6, 6.07) is 18.5. The predicted octanol–water partition coefficient (Wildman–Crippen LogP) is 4.19. The number of ether oxygens (including phenoxy) is 1. The topological polar surface area (TPSA) is 75.7 Å². The third-order valence-corrected chi connectivity index (χ3v) is 6.41. The van der Waals surface area contributed by atoms with Crippen LogP contribution in [0, 0.1) is 6.92 Å². The van der Waals surface area contributed by atoms with Gasteiger partial charge in [0.2, 0.25) is 15.9 Å². The van der Waals surface area contributed by atoms with E-state index in [1.807, 2.05) is 62.4 Å². The summed E-state index contributed by atoms with van der Waals surface area (Å²) in [5, 5.41) is 4.67. The van der Waals surface area contributed by atoms with Crippen LogP contribution >= 0.6 is 0 Å². The van der Waals surface area contributed by atoms with Crippen LogP contribution in [0.3, 0.4) is 0 Å². The number of sulfonamides is 1. The Morgan fingerprint density at radius 2 is 1.81 bits per heavy atom. The molecule has 3 aromatic rings. The van der Waals surface area contributed by atoms with E-state index in [1.165, 1.54) is 0 Å². The molecule has 1 unspecified atom stereocenters. The number of amides is 1. The van der Waals surface area contributed by atoms with Crippen molar-refractivity contribution in [3.63, 3.8) is 0 Å². The first-order valence-corrected chi connectivity index (χ1v) is 12.0. The van der Waals surface area contributed by atoms with Crippen molar-refractivity contribution in [1.82, 2.24) is 5.32 Å². The first kappa shape index (κ1) is 22.6. The number of aryl methyl sites for hydroxylation is 1. The number of fused-ring (bicyclic) bond motifs is 1. The van der Waals surface area contributed by atoms with E-state index in [1.54, 1.807) is 19.2 Å². The molecule has 164 valence electrons. The summed E-state index contributed by atoms with van der Waals surface area (Å²) in [6.07, 6.45) is 1.79. The number of methoxy groups -OCH3 is 1. The van der Waals surface area contributed by atoms with Crippen LogP contribution in [0.2, 0.25) is 0 Å². The number of anilines is 1. The first-order valence-electron chi connectivity index (χ1n) is 10.1. The van der Waals surface area contributed by atoms with Gasteiger partial charge in [-0.05, 0) is 42.0 Å². The maximum absolute atomic E-state index is 12.9. The van der Waals surface area contributed by atoms with Gasteiger partial charge in [-0.15, -0.1) is 0 Å². The van der Waals surface area contributed by atoms with Crippen molar-refractivity contribution in [2.45, 2.75) is 26.3 Å². The van der Waals surface area contributed by atoms with Gasteiger partial charge in [-0.25, -0.2) is 8.42 Å². The lowest BCUT2D eigenvalue weighted by molar-refractivity contribution is -0.120. The van der Waals surface area contributed by atoms with E-state index in [0.29, 0.717) is 12.1 Å². The van der Waals surface area contributed by atoms with Gasteiger partial charge in [0.25, 0.3) is 0 Å². The Bertz CT molecular complexity index is 1190. The molecule has 3 rings (SSSR count). The van der Waals surface area contributed by atoms with Gasteiger partial charge in [-0.3, -0.25) is 9.10 Å². The van der Waals surface area contributed by atoms with Gasteiger partial charge < -0.3 is 10.1 Å². The smallest absolute Gasteiger partial charge is 0.241 e. The van der Waals surface area contributed by atoms with Crippen molar-refractivity contribution < 1.29 is 17.9 Å². The summed E-state index contributed by atoms with van der Waals surface area (Å²) in [6.45, 7) is 3.63. The fraction of sp³-hybridized carbons (Fsp3) is 0.292. The van der Waals surface area contributed by atoms with E-state index in [0.717, 1.165) is 38.2 Å². The molecule has 0 saturated carbocycles. The summed E-state index contributed by atoms with van der Waals surface area (Å²) < 4.78 is 31.6. The highest BCUT2D eigenvalue weighted by atomic mass is 32.2. The second-order valence-corrected chi connectivity index (χ2v) is 9.43. The highest BCUT2D eigenvalue weighted by molar-refractivity contribution is 7.92. The van der Waals surface area contributed by atoms with Gasteiger partial charge in [-0.1, -0.05) is 55.5 Å². The molecule has 0 aliphatic rings. The van der Waals surface area contributed by atoms with Gasteiger partial charge >= 0.3 is 0 Å². The Balaban J connectivity index is 1.87. The highest BCUT2D eigenvalue weighted by Gasteiger charge is 2.24. The Morgan fingerprint density at radius 1 is 1.10 bits per heavy atom. The van der Waals surface area contributed by atoms with Crippen molar-refractivity contribution in [3.05, 3.63) is 71.8 Å². The molecule has 0 saturated heterocycles. The highest BCUT2D eigenvalue weighted by Crippen LogP contribution is 2.29. The maximum Gasteiger partial charge on any atom is 0.241 e. The minimum atomic E-state index is -3.67. The molecule has 1 amide bonds. The van der Waals surface area contributed by atoms with E-state index < -0.39 is 10.0 Å². The number of hydrogen-bond donors (Lipinski definition) is 1. The van der Waals surface area contributed by atoms with Crippen molar-refractivity contribution in [1.29, 1.82) is 0 Å². The Hall–Kier alpha value is -3.06. The molecular weight excluding hydrogens is 412 g/mol. The summed E-state index contributed by atoms with van der Waals surface area (Å²) in [7, 11) is -2.05. The van der Waals surface area contributed by atoms with Gasteiger partial charge in [0, 0.05) is 5.39 Å². The summed E-state index contributed by atoms with van der Waals surface area (Å²) in [5.41, 5.74) is 2.41. The van der Waals surface area contributed by atoms with Crippen LogP contribution in [0.1, 0.15) is 30.5 Å². The molecule has 1 N–H and O–H groups in total. The van der Waals surface area contributed by atoms with Gasteiger partial charge in [0.05, 0.1) is 25.1 Å². The monoisotopic (exact) mass is 440 g/mol. The molecular formula is C24H28N2O4S. The summed E-state index contributed by atoms with van der Waals surface area (Å²) in [4.78, 5) is 12.9. The first-order chi connectivity index (χ1) is 14.7. The summed E-state index contributed by atoms with van der Waals surface area (Å²) >= 11 is 0. The van der Waals surface area contributed by atoms with Crippen molar-refractivity contribution in [2.75, 3.05) is 24.2 Å². The molecule has 0 fully saturated rings. The number of carbonyl (C=O) groups is 1. The van der Waals surface area contributed by atoms with E-state index >= 15 is 0 Å². The average molecular weight is 441 g/mol. The van der Waals surface area contributed by atoms with Crippen LogP contribution in [0.4, 0.5) is 5.69 Å². The third-order valence-electron chi connectivity index (χ3n) is 5.29. The van der Waals surface area contributed by atoms with Crippen LogP contribution < -0.4 is 14.4 Å². The maximum atomic E-state index is 12.9. The van der Waals surface area contributed by atoms with E-state index in [-0.39, 0.29) is 18.5 Å². The van der Waals surface area contributed by atoms with Crippen LogP contribution in [0.15, 0.2) is 60.7 Å². The van der Waals surface area contributed by atoms with E-state index in [9.17, 15) is 13.2 Å². The van der Waals surface area contributed by atoms with Crippen molar-refractivity contribution in [3.8, 4) is 5.75 Å². The lowest BCUT2D eigenvalue weighted by atomic mass is 10.0. The fourth-order valence-electron chi connectivity index (χ4n) is 3.72. The molecule has 1 atom stereocenters. The SMILES string of the molecule is CCC(NC(=O)CN(c1cccc2ccccc12)S(C)(=O)=O)c1ccc(OC)c(C)c1. The predicted molar refractivity (Wildman–Crippen MR) is 125 cm³/mol. The Labute approximate surface area is 183 Å². The largest absolute Gasteiger partial charge is 0.496 e. The minimum absolute atomic E-state index is 0.231. The normalized spacial score (nSPS) is 12.4. The zero-order valence-electron chi connectivity index (χ0n) is 18.3. The van der Waals surface area contributed by atoms with Gasteiger partial charge in [0.15, 0.2) is 0 Å². The quantitative estimate of drug-likeness (QED) is 0.570. The minimum Gasteiger partial charge on any atom is -0.496 e. The summed E-state index contributed by atoms with van der Waals surface area (Å²) in [5.74, 6) is 0.419. The molecule has 0 aliphatic heterocycles. The lowest BCUT2D eigenvalue weighted by Crippen LogP contribution is -2.41. The molecule has 0 heterocycles. The van der Waals surface area contributed by atoms with Crippen LogP contribution in [-0.4, -0.2) is 34.2 Å².